The quantitative estimate of drug-likeness (QED) is 0.268. The van der Waals surface area contributed by atoms with Gasteiger partial charge >= 0.3 is 5.97 Å². The summed E-state index contributed by atoms with van der Waals surface area (Å²) in [6, 6.07) is 10.5. The number of hydrogen-bond acceptors (Lipinski definition) is 2. The first-order valence-electron chi connectivity index (χ1n) is 7.24. The summed E-state index contributed by atoms with van der Waals surface area (Å²) in [5.41, 5.74) is 1.78. The van der Waals surface area contributed by atoms with Gasteiger partial charge in [0, 0.05) is 11.1 Å². The van der Waals surface area contributed by atoms with Gasteiger partial charge in [-0.2, -0.15) is 0 Å². The lowest BCUT2D eigenvalue weighted by Crippen LogP contribution is -3.00. The summed E-state index contributed by atoms with van der Waals surface area (Å²) in [7, 11) is 0. The van der Waals surface area contributed by atoms with Gasteiger partial charge < -0.3 is 33.2 Å². The molecule has 0 saturated heterocycles. The predicted molar refractivity (Wildman–Crippen MR) is 82.1 cm³/mol. The predicted octanol–water partition coefficient (Wildman–Crippen LogP) is 0.167. The van der Waals surface area contributed by atoms with E-state index in [4.69, 9.17) is 4.74 Å². The Morgan fingerprint density at radius 3 is 2.24 bits per heavy atom. The normalized spacial score (nSPS) is 10.6. The van der Waals surface area contributed by atoms with Crippen molar-refractivity contribution in [2.45, 2.75) is 27.3 Å². The van der Waals surface area contributed by atoms with Crippen molar-refractivity contribution in [1.82, 2.24) is 0 Å². The molecule has 0 fully saturated rings. The highest BCUT2D eigenvalue weighted by Gasteiger charge is 2.24. The number of hydrogen-bond donors (Lipinski definition) is 0. The lowest BCUT2D eigenvalue weighted by atomic mass is 10.2. The van der Waals surface area contributed by atoms with Crippen molar-refractivity contribution in [1.29, 1.82) is 0 Å². The molecule has 118 valence electrons. The van der Waals surface area contributed by atoms with E-state index in [0.717, 1.165) is 30.7 Å². The standard InChI is InChI=1S/C17H26NO2.HI/c1-5-18(6-2,12-13-20-17(19)15(3)4)14-16-10-8-7-9-11-16;/h7-11H,3,5-6,12-14H2,1-2,4H3;1H/q+1;/p-1. The monoisotopic (exact) mass is 403 g/mol. The van der Waals surface area contributed by atoms with E-state index in [2.05, 4.69) is 44.7 Å². The topological polar surface area (TPSA) is 26.3 Å². The molecule has 4 heteroatoms. The fourth-order valence-corrected chi connectivity index (χ4v) is 2.27. The molecule has 1 aromatic carbocycles. The zero-order chi connectivity index (χ0) is 15.0. The van der Waals surface area contributed by atoms with Gasteiger partial charge in [0.2, 0.25) is 0 Å². The summed E-state index contributed by atoms with van der Waals surface area (Å²) >= 11 is 0. The Bertz CT molecular complexity index is 441. The molecule has 0 atom stereocenters. The molecule has 0 aromatic heterocycles. The largest absolute Gasteiger partial charge is 1.00 e. The SMILES string of the molecule is C=C(C)C(=O)OCC[N+](CC)(CC)Cc1ccccc1.[I-]. The van der Waals surface area contributed by atoms with Crippen LogP contribution in [0.1, 0.15) is 26.3 Å². The zero-order valence-electron chi connectivity index (χ0n) is 13.3. The smallest absolute Gasteiger partial charge is 0.333 e. The summed E-state index contributed by atoms with van der Waals surface area (Å²) in [5, 5.41) is 0. The number of ether oxygens (including phenoxy) is 1. The maximum absolute atomic E-state index is 11.4. The van der Waals surface area contributed by atoms with Crippen LogP contribution in [0.25, 0.3) is 0 Å². The van der Waals surface area contributed by atoms with E-state index in [0.29, 0.717) is 12.2 Å². The Morgan fingerprint density at radius 2 is 1.76 bits per heavy atom. The van der Waals surface area contributed by atoms with Crippen molar-refractivity contribution < 1.29 is 38.0 Å². The molecule has 0 radical (unpaired) electrons. The summed E-state index contributed by atoms with van der Waals surface area (Å²) in [6.45, 7) is 13.9. The van der Waals surface area contributed by atoms with Crippen molar-refractivity contribution in [2.75, 3.05) is 26.2 Å². The highest BCUT2D eigenvalue weighted by Crippen LogP contribution is 2.14. The molecule has 1 aromatic rings. The lowest BCUT2D eigenvalue weighted by Gasteiger charge is -2.36. The van der Waals surface area contributed by atoms with E-state index in [-0.39, 0.29) is 29.9 Å². The van der Waals surface area contributed by atoms with Crippen LogP contribution in [-0.4, -0.2) is 36.7 Å². The average molecular weight is 403 g/mol. The molecule has 0 aliphatic rings. The number of esters is 1. The minimum absolute atomic E-state index is 0. The molecule has 0 aliphatic carbocycles. The van der Waals surface area contributed by atoms with Gasteiger partial charge in [0.1, 0.15) is 19.7 Å². The molecule has 0 bridgehead atoms. The Kier molecular flexibility index (Phi) is 9.53. The minimum Gasteiger partial charge on any atom is -1.00 e. The molecule has 0 spiro atoms. The first-order chi connectivity index (χ1) is 9.53. The fourth-order valence-electron chi connectivity index (χ4n) is 2.27. The molecule has 0 saturated carbocycles. The zero-order valence-corrected chi connectivity index (χ0v) is 15.4. The number of carbonyl (C=O) groups excluding carboxylic acids is 1. The van der Waals surface area contributed by atoms with Crippen molar-refractivity contribution in [3.63, 3.8) is 0 Å². The van der Waals surface area contributed by atoms with Crippen LogP contribution in [0, 0.1) is 0 Å². The molecule has 0 N–H and O–H groups in total. The lowest BCUT2D eigenvalue weighted by molar-refractivity contribution is -0.937. The molecule has 0 unspecified atom stereocenters. The second-order valence-electron chi connectivity index (χ2n) is 5.26. The second kappa shape index (κ2) is 9.95. The van der Waals surface area contributed by atoms with Crippen LogP contribution in [-0.2, 0) is 16.1 Å². The number of rotatable bonds is 8. The van der Waals surface area contributed by atoms with Crippen molar-refractivity contribution in [2.24, 2.45) is 0 Å². The maximum atomic E-state index is 11.4. The van der Waals surface area contributed by atoms with Crippen LogP contribution in [0.3, 0.4) is 0 Å². The van der Waals surface area contributed by atoms with Crippen LogP contribution in [0.2, 0.25) is 0 Å². The maximum Gasteiger partial charge on any atom is 0.333 e. The molecule has 0 heterocycles. The molecule has 3 nitrogen and oxygen atoms in total. The second-order valence-corrected chi connectivity index (χ2v) is 5.26. The molecule has 1 rings (SSSR count). The van der Waals surface area contributed by atoms with Gasteiger partial charge in [-0.05, 0) is 20.8 Å². The van der Waals surface area contributed by atoms with Crippen LogP contribution in [0.15, 0.2) is 42.5 Å². The summed E-state index contributed by atoms with van der Waals surface area (Å²) in [4.78, 5) is 11.4. The van der Waals surface area contributed by atoms with Gasteiger partial charge in [-0.1, -0.05) is 36.9 Å². The van der Waals surface area contributed by atoms with Gasteiger partial charge in [-0.3, -0.25) is 0 Å². The Labute approximate surface area is 145 Å². The third-order valence-corrected chi connectivity index (χ3v) is 3.85. The molecule has 0 amide bonds. The molecule has 21 heavy (non-hydrogen) atoms. The first kappa shape index (κ1) is 20.1. The van der Waals surface area contributed by atoms with Crippen LogP contribution in [0.4, 0.5) is 0 Å². The van der Waals surface area contributed by atoms with Crippen LogP contribution in [0.5, 0.6) is 0 Å². The number of benzene rings is 1. The van der Waals surface area contributed by atoms with Gasteiger partial charge in [0.15, 0.2) is 0 Å². The Morgan fingerprint density at radius 1 is 1.19 bits per heavy atom. The fraction of sp³-hybridized carbons (Fsp3) is 0.471. The molecular weight excluding hydrogens is 377 g/mol. The van der Waals surface area contributed by atoms with Gasteiger partial charge in [0.25, 0.3) is 0 Å². The third-order valence-electron chi connectivity index (χ3n) is 3.85. The minimum atomic E-state index is -0.296. The van der Waals surface area contributed by atoms with Gasteiger partial charge in [0.05, 0.1) is 13.1 Å². The third kappa shape index (κ3) is 6.61. The van der Waals surface area contributed by atoms with E-state index in [1.54, 1.807) is 6.92 Å². The van der Waals surface area contributed by atoms with E-state index in [1.807, 2.05) is 6.07 Å². The van der Waals surface area contributed by atoms with E-state index in [1.165, 1.54) is 5.56 Å². The number of nitrogens with zero attached hydrogens (tertiary/aromatic N) is 1. The van der Waals surface area contributed by atoms with E-state index >= 15 is 0 Å². The number of likely N-dealkylation sites (N-methyl/N-ethyl adjacent to an activating group) is 1. The first-order valence-corrected chi connectivity index (χ1v) is 7.24. The molecular formula is C17H26INO2. The molecule has 0 aliphatic heterocycles. The summed E-state index contributed by atoms with van der Waals surface area (Å²) in [6.07, 6.45) is 0. The van der Waals surface area contributed by atoms with Crippen molar-refractivity contribution in [3.8, 4) is 0 Å². The van der Waals surface area contributed by atoms with E-state index < -0.39 is 0 Å². The highest BCUT2D eigenvalue weighted by atomic mass is 127. The number of halogens is 1. The van der Waals surface area contributed by atoms with E-state index in [9.17, 15) is 4.79 Å². The van der Waals surface area contributed by atoms with Gasteiger partial charge in [-0.25, -0.2) is 4.79 Å². The Hall–Kier alpha value is -0.880. The van der Waals surface area contributed by atoms with Crippen molar-refractivity contribution in [3.05, 3.63) is 48.0 Å². The van der Waals surface area contributed by atoms with Crippen LogP contribution >= 0.6 is 0 Å². The van der Waals surface area contributed by atoms with Crippen LogP contribution < -0.4 is 24.0 Å². The summed E-state index contributed by atoms with van der Waals surface area (Å²) < 4.78 is 6.17. The number of carbonyl (C=O) groups is 1. The van der Waals surface area contributed by atoms with Crippen molar-refractivity contribution >= 4 is 5.97 Å². The highest BCUT2D eigenvalue weighted by molar-refractivity contribution is 5.86. The van der Waals surface area contributed by atoms with Gasteiger partial charge in [-0.15, -0.1) is 0 Å². The number of quaternary nitrogens is 1. The Balaban J connectivity index is 0.00000400. The summed E-state index contributed by atoms with van der Waals surface area (Å²) in [5.74, 6) is -0.296. The average Bonchev–Trinajstić information content (AvgIpc) is 2.47.